The summed E-state index contributed by atoms with van der Waals surface area (Å²) in [6.45, 7) is 5.63. The second-order valence-corrected chi connectivity index (χ2v) is 7.82. The smallest absolute Gasteiger partial charge is 0.230 e. The van der Waals surface area contributed by atoms with Crippen molar-refractivity contribution >= 4 is 27.9 Å². The van der Waals surface area contributed by atoms with E-state index in [4.69, 9.17) is 11.6 Å². The molecule has 1 aromatic carbocycles. The van der Waals surface area contributed by atoms with Gasteiger partial charge >= 0.3 is 0 Å². The zero-order valence-electron chi connectivity index (χ0n) is 14.2. The topological polar surface area (TPSA) is 56.9 Å². The first-order valence-electron chi connectivity index (χ1n) is 8.26. The number of halogens is 1. The summed E-state index contributed by atoms with van der Waals surface area (Å²) < 4.78 is 1.52. The number of nitrogens with zero attached hydrogens (tertiary/aromatic N) is 5. The third kappa shape index (κ3) is 3.01. The van der Waals surface area contributed by atoms with Gasteiger partial charge in [-0.25, -0.2) is 4.98 Å². The molecule has 0 bridgehead atoms. The van der Waals surface area contributed by atoms with E-state index in [2.05, 4.69) is 26.9 Å². The lowest BCUT2D eigenvalue weighted by Crippen LogP contribution is -2.46. The minimum Gasteiger partial charge on any atom is -0.492 e. The second-order valence-electron chi connectivity index (χ2n) is 6.41. The number of aromatic hydroxyl groups is 1. The van der Waals surface area contributed by atoms with Crippen LogP contribution < -0.4 is 0 Å². The molecule has 3 aromatic rings. The number of thiazole rings is 1. The van der Waals surface area contributed by atoms with Gasteiger partial charge in [-0.05, 0) is 25.6 Å². The monoisotopic (exact) mass is 377 g/mol. The average Bonchev–Trinajstić information content (AvgIpc) is 3.09. The molecule has 1 fully saturated rings. The lowest BCUT2D eigenvalue weighted by molar-refractivity contribution is 0.127. The molecule has 1 atom stereocenters. The molecule has 6 nitrogen and oxygen atoms in total. The molecule has 0 aliphatic carbocycles. The van der Waals surface area contributed by atoms with Crippen LogP contribution in [0.2, 0.25) is 5.02 Å². The number of benzene rings is 1. The Bertz CT molecular complexity index is 900. The van der Waals surface area contributed by atoms with E-state index in [1.54, 1.807) is 0 Å². The van der Waals surface area contributed by atoms with Crippen LogP contribution in [-0.2, 0) is 0 Å². The highest BCUT2D eigenvalue weighted by molar-refractivity contribution is 7.17. The third-order valence-electron chi connectivity index (χ3n) is 4.66. The standard InChI is InChI=1S/C17H20ClN5OS/c1-11-19-17-23(20-11)16(24)15(25-17)14(12-5-3-4-6-13(12)18)22-9-7-21(2)8-10-22/h3-6,14,24H,7-10H2,1-2H3. The molecule has 4 rings (SSSR count). The van der Waals surface area contributed by atoms with Gasteiger partial charge in [-0.2, -0.15) is 4.52 Å². The summed E-state index contributed by atoms with van der Waals surface area (Å²) in [5.41, 5.74) is 1.00. The first-order chi connectivity index (χ1) is 12.0. The normalized spacial score (nSPS) is 18.0. The van der Waals surface area contributed by atoms with Gasteiger partial charge in [-0.3, -0.25) is 4.90 Å². The van der Waals surface area contributed by atoms with Crippen molar-refractivity contribution in [3.63, 3.8) is 0 Å². The van der Waals surface area contributed by atoms with Gasteiger partial charge in [0.25, 0.3) is 0 Å². The van der Waals surface area contributed by atoms with Crippen LogP contribution in [-0.4, -0.2) is 62.7 Å². The quantitative estimate of drug-likeness (QED) is 0.760. The SMILES string of the molecule is Cc1nc2sc(C(c3ccccc3Cl)N3CCN(C)CC3)c(O)n2n1. The number of hydrogen-bond donors (Lipinski definition) is 1. The molecule has 0 radical (unpaired) electrons. The highest BCUT2D eigenvalue weighted by Crippen LogP contribution is 2.42. The minimum absolute atomic E-state index is 0.101. The van der Waals surface area contributed by atoms with Crippen LogP contribution in [0.4, 0.5) is 0 Å². The molecule has 1 N–H and O–H groups in total. The maximum atomic E-state index is 10.8. The van der Waals surface area contributed by atoms with Gasteiger partial charge in [0.05, 0.1) is 10.9 Å². The number of rotatable bonds is 3. The zero-order valence-corrected chi connectivity index (χ0v) is 15.8. The molecule has 1 saturated heterocycles. The first-order valence-corrected chi connectivity index (χ1v) is 9.46. The molecule has 25 heavy (non-hydrogen) atoms. The second kappa shape index (κ2) is 6.57. The Labute approximate surface area is 155 Å². The van der Waals surface area contributed by atoms with Crippen molar-refractivity contribution in [3.8, 4) is 5.88 Å². The summed E-state index contributed by atoms with van der Waals surface area (Å²) in [4.78, 5) is 10.6. The number of fused-ring (bicyclic) bond motifs is 1. The summed E-state index contributed by atoms with van der Waals surface area (Å²) in [5, 5.41) is 15.8. The summed E-state index contributed by atoms with van der Waals surface area (Å²) in [7, 11) is 2.13. The van der Waals surface area contributed by atoms with Gasteiger partial charge < -0.3 is 10.0 Å². The van der Waals surface area contributed by atoms with Crippen molar-refractivity contribution < 1.29 is 5.11 Å². The average molecular weight is 378 g/mol. The van der Waals surface area contributed by atoms with Gasteiger partial charge in [0, 0.05) is 31.2 Å². The Morgan fingerprint density at radius 2 is 1.92 bits per heavy atom. The number of likely N-dealkylation sites (N-methyl/N-ethyl adjacent to an activating group) is 1. The number of piperazine rings is 1. The molecule has 2 aromatic heterocycles. The van der Waals surface area contributed by atoms with Crippen LogP contribution in [0.15, 0.2) is 24.3 Å². The van der Waals surface area contributed by atoms with Crippen LogP contribution in [0.3, 0.4) is 0 Å². The predicted molar refractivity (Wildman–Crippen MR) is 99.6 cm³/mol. The largest absolute Gasteiger partial charge is 0.492 e. The molecular weight excluding hydrogens is 358 g/mol. The lowest BCUT2D eigenvalue weighted by atomic mass is 10.0. The Balaban J connectivity index is 1.83. The fraction of sp³-hybridized carbons (Fsp3) is 0.412. The van der Waals surface area contributed by atoms with Gasteiger partial charge in [0.15, 0.2) is 0 Å². The van der Waals surface area contributed by atoms with Crippen LogP contribution in [0, 0.1) is 6.92 Å². The van der Waals surface area contributed by atoms with E-state index in [0.717, 1.165) is 36.6 Å². The van der Waals surface area contributed by atoms with Crippen molar-refractivity contribution in [1.82, 2.24) is 24.4 Å². The van der Waals surface area contributed by atoms with E-state index >= 15 is 0 Å². The molecule has 1 aliphatic heterocycles. The highest BCUT2D eigenvalue weighted by atomic mass is 35.5. The van der Waals surface area contributed by atoms with E-state index in [1.807, 2.05) is 31.2 Å². The molecule has 8 heteroatoms. The Kier molecular flexibility index (Phi) is 4.41. The summed E-state index contributed by atoms with van der Waals surface area (Å²) in [6, 6.07) is 7.75. The van der Waals surface area contributed by atoms with E-state index in [9.17, 15) is 5.11 Å². The van der Waals surface area contributed by atoms with E-state index in [-0.39, 0.29) is 11.9 Å². The fourth-order valence-electron chi connectivity index (χ4n) is 3.31. The van der Waals surface area contributed by atoms with Crippen LogP contribution in [0.25, 0.3) is 4.96 Å². The van der Waals surface area contributed by atoms with Gasteiger partial charge in [-0.15, -0.1) is 5.10 Å². The predicted octanol–water partition coefficient (Wildman–Crippen LogP) is 2.80. The molecule has 132 valence electrons. The Hall–Kier alpha value is -1.67. The van der Waals surface area contributed by atoms with Crippen LogP contribution >= 0.6 is 22.9 Å². The number of aryl methyl sites for hydroxylation is 1. The summed E-state index contributed by atoms with van der Waals surface area (Å²) in [6.07, 6.45) is 0. The molecule has 0 spiro atoms. The van der Waals surface area contributed by atoms with E-state index in [1.165, 1.54) is 15.9 Å². The fourth-order valence-corrected chi connectivity index (χ4v) is 4.70. The Morgan fingerprint density at radius 1 is 1.20 bits per heavy atom. The van der Waals surface area contributed by atoms with Crippen molar-refractivity contribution in [1.29, 1.82) is 0 Å². The molecular formula is C17H20ClN5OS. The first kappa shape index (κ1) is 16.8. The molecule has 0 amide bonds. The Morgan fingerprint density at radius 3 is 2.60 bits per heavy atom. The summed E-state index contributed by atoms with van der Waals surface area (Å²) >= 11 is 7.99. The van der Waals surface area contributed by atoms with E-state index in [0.29, 0.717) is 15.8 Å². The van der Waals surface area contributed by atoms with E-state index < -0.39 is 0 Å². The maximum absolute atomic E-state index is 10.8. The van der Waals surface area contributed by atoms with Crippen molar-refractivity contribution in [2.45, 2.75) is 13.0 Å². The van der Waals surface area contributed by atoms with Gasteiger partial charge in [-0.1, -0.05) is 41.1 Å². The highest BCUT2D eigenvalue weighted by Gasteiger charge is 2.32. The van der Waals surface area contributed by atoms with Gasteiger partial charge in [0.1, 0.15) is 5.82 Å². The molecule has 3 heterocycles. The van der Waals surface area contributed by atoms with Gasteiger partial charge in [0.2, 0.25) is 10.8 Å². The molecule has 1 unspecified atom stereocenters. The summed E-state index contributed by atoms with van der Waals surface area (Å²) in [5.74, 6) is 0.812. The van der Waals surface area contributed by atoms with Crippen LogP contribution in [0.1, 0.15) is 22.3 Å². The number of aromatic nitrogens is 3. The van der Waals surface area contributed by atoms with Crippen molar-refractivity contribution in [2.75, 3.05) is 33.2 Å². The van der Waals surface area contributed by atoms with Crippen LogP contribution in [0.5, 0.6) is 5.88 Å². The maximum Gasteiger partial charge on any atom is 0.230 e. The lowest BCUT2D eigenvalue weighted by Gasteiger charge is -2.38. The van der Waals surface area contributed by atoms with Crippen molar-refractivity contribution in [3.05, 3.63) is 45.6 Å². The third-order valence-corrected chi connectivity index (χ3v) is 6.07. The molecule has 0 saturated carbocycles. The van der Waals surface area contributed by atoms with Crippen molar-refractivity contribution in [2.24, 2.45) is 0 Å². The minimum atomic E-state index is -0.101. The zero-order chi connectivity index (χ0) is 17.6. The number of hydrogen-bond acceptors (Lipinski definition) is 6. The molecule has 1 aliphatic rings.